The molecule has 0 aliphatic carbocycles. The summed E-state index contributed by atoms with van der Waals surface area (Å²) in [6, 6.07) is 9.47. The van der Waals surface area contributed by atoms with Crippen LogP contribution in [-0.2, 0) is 10.0 Å². The third kappa shape index (κ3) is 3.55. The Morgan fingerprint density at radius 1 is 1.00 bits per heavy atom. The molecular formula is C18H21N5O2S. The summed E-state index contributed by atoms with van der Waals surface area (Å²) >= 11 is 0. The number of rotatable bonds is 5. The summed E-state index contributed by atoms with van der Waals surface area (Å²) in [5.41, 5.74) is 4.96. The summed E-state index contributed by atoms with van der Waals surface area (Å²) in [5, 5.41) is 9.92. The van der Waals surface area contributed by atoms with Crippen molar-refractivity contribution >= 4 is 27.2 Å². The average molecular weight is 371 g/mol. The first-order valence-corrected chi connectivity index (χ1v) is 9.60. The van der Waals surface area contributed by atoms with E-state index >= 15 is 0 Å². The van der Waals surface area contributed by atoms with E-state index in [1.54, 1.807) is 32.2 Å². The van der Waals surface area contributed by atoms with E-state index in [-0.39, 0.29) is 10.7 Å². The minimum Gasteiger partial charge on any atom is -0.354 e. The van der Waals surface area contributed by atoms with Crippen LogP contribution in [0.5, 0.6) is 0 Å². The van der Waals surface area contributed by atoms with Crippen LogP contribution >= 0.6 is 0 Å². The summed E-state index contributed by atoms with van der Waals surface area (Å²) in [6.45, 7) is 7.37. The number of H-pyrrole nitrogens is 1. The predicted molar refractivity (Wildman–Crippen MR) is 102 cm³/mol. The molecule has 2 heterocycles. The summed E-state index contributed by atoms with van der Waals surface area (Å²) in [6.07, 6.45) is 1.60. The highest BCUT2D eigenvalue weighted by atomic mass is 32.2. The lowest BCUT2D eigenvalue weighted by molar-refractivity contribution is 0.600. The molecule has 8 heteroatoms. The number of aryl methyl sites for hydroxylation is 4. The highest BCUT2D eigenvalue weighted by Crippen LogP contribution is 2.25. The summed E-state index contributed by atoms with van der Waals surface area (Å²) in [5.74, 6) is 0.247. The van der Waals surface area contributed by atoms with Crippen molar-refractivity contribution < 1.29 is 8.42 Å². The number of sulfonamides is 1. The molecule has 0 radical (unpaired) electrons. The number of benzene rings is 1. The lowest BCUT2D eigenvalue weighted by Gasteiger charge is -2.13. The molecule has 3 N–H and O–H groups in total. The van der Waals surface area contributed by atoms with Gasteiger partial charge in [-0.3, -0.25) is 9.82 Å². The molecule has 0 fully saturated rings. The molecule has 7 nitrogen and oxygen atoms in total. The Labute approximate surface area is 152 Å². The molecule has 3 aromatic rings. The molecule has 0 amide bonds. The number of pyridine rings is 1. The second kappa shape index (κ2) is 6.80. The molecular weight excluding hydrogens is 350 g/mol. The molecule has 0 saturated carbocycles. The van der Waals surface area contributed by atoms with E-state index in [1.807, 2.05) is 32.0 Å². The first-order valence-electron chi connectivity index (χ1n) is 8.11. The predicted octanol–water partition coefficient (Wildman–Crippen LogP) is 3.58. The van der Waals surface area contributed by atoms with Crippen molar-refractivity contribution in [3.8, 4) is 0 Å². The third-order valence-electron chi connectivity index (χ3n) is 4.08. The molecule has 0 spiro atoms. The monoisotopic (exact) mass is 371 g/mol. The van der Waals surface area contributed by atoms with Crippen LogP contribution in [0, 0.1) is 27.7 Å². The van der Waals surface area contributed by atoms with Gasteiger partial charge in [-0.25, -0.2) is 13.4 Å². The molecule has 3 rings (SSSR count). The van der Waals surface area contributed by atoms with Gasteiger partial charge in [0.15, 0.2) is 0 Å². The fourth-order valence-corrected chi connectivity index (χ4v) is 4.19. The normalized spacial score (nSPS) is 11.4. The van der Waals surface area contributed by atoms with Crippen LogP contribution in [-0.4, -0.2) is 23.6 Å². The van der Waals surface area contributed by atoms with Crippen molar-refractivity contribution in [3.05, 3.63) is 59.0 Å². The first-order chi connectivity index (χ1) is 12.3. The van der Waals surface area contributed by atoms with Crippen molar-refractivity contribution in [2.75, 3.05) is 10.0 Å². The van der Waals surface area contributed by atoms with Gasteiger partial charge < -0.3 is 5.32 Å². The first kappa shape index (κ1) is 17.9. The molecule has 0 atom stereocenters. The Morgan fingerprint density at radius 2 is 1.69 bits per heavy atom. The zero-order valence-electron chi connectivity index (χ0n) is 15.1. The van der Waals surface area contributed by atoms with E-state index in [1.165, 1.54) is 0 Å². The molecule has 0 aliphatic rings. The van der Waals surface area contributed by atoms with Crippen molar-refractivity contribution in [2.45, 2.75) is 32.6 Å². The van der Waals surface area contributed by atoms with Crippen molar-refractivity contribution in [3.63, 3.8) is 0 Å². The fourth-order valence-electron chi connectivity index (χ4n) is 2.81. The maximum atomic E-state index is 12.5. The lowest BCUT2D eigenvalue weighted by Crippen LogP contribution is -2.15. The van der Waals surface area contributed by atoms with Crippen LogP contribution in [0.3, 0.4) is 0 Å². The molecule has 0 unspecified atom stereocenters. The second-order valence-corrected chi connectivity index (χ2v) is 7.81. The molecule has 1 aromatic carbocycles. The van der Waals surface area contributed by atoms with Gasteiger partial charge in [0.25, 0.3) is 10.0 Å². The van der Waals surface area contributed by atoms with Crippen LogP contribution < -0.4 is 10.0 Å². The van der Waals surface area contributed by atoms with Gasteiger partial charge in [0.05, 0.1) is 23.3 Å². The zero-order chi connectivity index (χ0) is 18.9. The molecule has 0 saturated heterocycles. The van der Waals surface area contributed by atoms with Gasteiger partial charge in [-0.05, 0) is 51.0 Å². The fraction of sp³-hybridized carbons (Fsp3) is 0.222. The number of hydrogen-bond acceptors (Lipinski definition) is 5. The SMILES string of the molecule is Cc1cccc(C)c1Nc1ccc(NS(=O)(=O)c2c(C)n[nH]c2C)nc1. The van der Waals surface area contributed by atoms with Crippen LogP contribution in [0.1, 0.15) is 22.5 Å². The topological polar surface area (TPSA) is 99.8 Å². The summed E-state index contributed by atoms with van der Waals surface area (Å²) < 4.78 is 27.6. The number of para-hydroxylation sites is 1. The van der Waals surface area contributed by atoms with E-state index in [0.29, 0.717) is 11.4 Å². The van der Waals surface area contributed by atoms with Crippen LogP contribution in [0.2, 0.25) is 0 Å². The second-order valence-electron chi connectivity index (χ2n) is 6.19. The largest absolute Gasteiger partial charge is 0.354 e. The van der Waals surface area contributed by atoms with Crippen LogP contribution in [0.4, 0.5) is 17.2 Å². The number of nitrogens with zero attached hydrogens (tertiary/aromatic N) is 2. The van der Waals surface area contributed by atoms with E-state index in [2.05, 4.69) is 25.2 Å². The summed E-state index contributed by atoms with van der Waals surface area (Å²) in [7, 11) is -3.74. The van der Waals surface area contributed by atoms with Crippen LogP contribution in [0.25, 0.3) is 0 Å². The van der Waals surface area contributed by atoms with E-state index in [0.717, 1.165) is 22.5 Å². The number of hydrogen-bond donors (Lipinski definition) is 3. The molecule has 0 aliphatic heterocycles. The highest BCUT2D eigenvalue weighted by molar-refractivity contribution is 7.92. The standard InChI is InChI=1S/C18H21N5O2S/c1-11-6-5-7-12(2)17(11)20-15-8-9-16(19-10-15)23-26(24,25)18-13(3)21-22-14(18)4/h5-10,20H,1-4H3,(H,19,23)(H,21,22). The molecule has 26 heavy (non-hydrogen) atoms. The number of anilines is 3. The molecule has 136 valence electrons. The Balaban J connectivity index is 1.80. The maximum absolute atomic E-state index is 12.5. The quantitative estimate of drug-likeness (QED) is 0.636. The van der Waals surface area contributed by atoms with Crippen molar-refractivity contribution in [1.82, 2.24) is 15.2 Å². The smallest absolute Gasteiger partial charge is 0.266 e. The Bertz CT molecular complexity index is 1000. The minimum atomic E-state index is -3.74. The van der Waals surface area contributed by atoms with E-state index in [4.69, 9.17) is 0 Å². The number of nitrogens with one attached hydrogen (secondary N) is 3. The van der Waals surface area contributed by atoms with Crippen LogP contribution in [0.15, 0.2) is 41.4 Å². The third-order valence-corrected chi connectivity index (χ3v) is 5.70. The van der Waals surface area contributed by atoms with E-state index in [9.17, 15) is 8.42 Å². The minimum absolute atomic E-state index is 0.150. The molecule has 0 bridgehead atoms. The van der Waals surface area contributed by atoms with Gasteiger partial charge in [0.1, 0.15) is 10.7 Å². The summed E-state index contributed by atoms with van der Waals surface area (Å²) in [4.78, 5) is 4.36. The van der Waals surface area contributed by atoms with E-state index < -0.39 is 10.0 Å². The Kier molecular flexibility index (Phi) is 4.69. The Morgan fingerprint density at radius 3 is 2.23 bits per heavy atom. The maximum Gasteiger partial charge on any atom is 0.266 e. The van der Waals surface area contributed by atoms with Gasteiger partial charge in [0.2, 0.25) is 0 Å². The lowest BCUT2D eigenvalue weighted by atomic mass is 10.1. The van der Waals surface area contributed by atoms with Gasteiger partial charge >= 0.3 is 0 Å². The molecule has 2 aromatic heterocycles. The highest BCUT2D eigenvalue weighted by Gasteiger charge is 2.22. The number of aromatic nitrogens is 3. The van der Waals surface area contributed by atoms with Gasteiger partial charge in [-0.1, -0.05) is 18.2 Å². The Hall–Kier alpha value is -2.87. The average Bonchev–Trinajstić information content (AvgIpc) is 2.92. The zero-order valence-corrected chi connectivity index (χ0v) is 15.9. The van der Waals surface area contributed by atoms with Crippen molar-refractivity contribution in [1.29, 1.82) is 0 Å². The van der Waals surface area contributed by atoms with Crippen molar-refractivity contribution in [2.24, 2.45) is 0 Å². The van der Waals surface area contributed by atoms with Gasteiger partial charge in [0, 0.05) is 5.69 Å². The number of aromatic amines is 1. The van der Waals surface area contributed by atoms with Gasteiger partial charge in [-0.2, -0.15) is 5.10 Å². The van der Waals surface area contributed by atoms with Gasteiger partial charge in [-0.15, -0.1) is 0 Å².